The Morgan fingerprint density at radius 1 is 1.14 bits per heavy atom. The molecule has 3 nitrogen and oxygen atoms in total. The standard InChI is InChI=1S/C16H15Cl2NO2/c1-19-9-16(20)13-6-11(17)3-2-10(13)8-21-15-5-4-12(18)7-14(15)16/h2-7,19-20H,8-9H2,1H3. The van der Waals surface area contributed by atoms with Crippen molar-refractivity contribution in [3.05, 3.63) is 63.1 Å². The maximum atomic E-state index is 11.3. The molecule has 1 atom stereocenters. The van der Waals surface area contributed by atoms with Crippen LogP contribution >= 0.6 is 23.2 Å². The molecule has 0 fully saturated rings. The van der Waals surface area contributed by atoms with Crippen molar-refractivity contribution in [2.24, 2.45) is 0 Å². The quantitative estimate of drug-likeness (QED) is 0.890. The van der Waals surface area contributed by atoms with Crippen molar-refractivity contribution >= 4 is 23.2 Å². The summed E-state index contributed by atoms with van der Waals surface area (Å²) in [5.74, 6) is 0.629. The van der Waals surface area contributed by atoms with Gasteiger partial charge >= 0.3 is 0 Å². The van der Waals surface area contributed by atoms with E-state index < -0.39 is 5.60 Å². The van der Waals surface area contributed by atoms with Gasteiger partial charge in [0.1, 0.15) is 18.0 Å². The van der Waals surface area contributed by atoms with Crippen LogP contribution in [0.15, 0.2) is 36.4 Å². The van der Waals surface area contributed by atoms with E-state index in [9.17, 15) is 5.11 Å². The van der Waals surface area contributed by atoms with Gasteiger partial charge in [-0.25, -0.2) is 0 Å². The van der Waals surface area contributed by atoms with Gasteiger partial charge in [-0.15, -0.1) is 0 Å². The Labute approximate surface area is 133 Å². The predicted octanol–water partition coefficient (Wildman–Crippen LogP) is 3.34. The molecule has 1 unspecified atom stereocenters. The number of halogens is 2. The second-order valence-corrected chi connectivity index (χ2v) is 5.99. The number of hydrogen-bond donors (Lipinski definition) is 2. The van der Waals surface area contributed by atoms with Crippen LogP contribution in [0.1, 0.15) is 16.7 Å². The fourth-order valence-corrected chi connectivity index (χ4v) is 3.10. The molecular weight excluding hydrogens is 309 g/mol. The zero-order valence-corrected chi connectivity index (χ0v) is 13.0. The van der Waals surface area contributed by atoms with Crippen molar-refractivity contribution in [2.45, 2.75) is 12.2 Å². The van der Waals surface area contributed by atoms with Crippen molar-refractivity contribution < 1.29 is 9.84 Å². The van der Waals surface area contributed by atoms with Crippen molar-refractivity contribution in [3.63, 3.8) is 0 Å². The Morgan fingerprint density at radius 3 is 2.52 bits per heavy atom. The molecule has 2 aromatic carbocycles. The monoisotopic (exact) mass is 323 g/mol. The van der Waals surface area contributed by atoms with Crippen LogP contribution in [0.25, 0.3) is 0 Å². The summed E-state index contributed by atoms with van der Waals surface area (Å²) in [6.07, 6.45) is 0. The molecule has 1 aliphatic heterocycles. The van der Waals surface area contributed by atoms with Crippen molar-refractivity contribution in [1.82, 2.24) is 5.32 Å². The van der Waals surface area contributed by atoms with Crippen LogP contribution in [0.5, 0.6) is 5.75 Å². The van der Waals surface area contributed by atoms with E-state index in [4.69, 9.17) is 27.9 Å². The van der Waals surface area contributed by atoms with E-state index in [-0.39, 0.29) is 0 Å². The lowest BCUT2D eigenvalue weighted by atomic mass is 9.84. The zero-order chi connectivity index (χ0) is 15.0. The first-order chi connectivity index (χ1) is 10.0. The maximum Gasteiger partial charge on any atom is 0.131 e. The molecule has 1 heterocycles. The number of likely N-dealkylation sites (N-methyl/N-ethyl adjacent to an activating group) is 1. The first-order valence-electron chi connectivity index (χ1n) is 6.63. The lowest BCUT2D eigenvalue weighted by Crippen LogP contribution is -2.38. The predicted molar refractivity (Wildman–Crippen MR) is 84.2 cm³/mol. The van der Waals surface area contributed by atoms with Crippen LogP contribution in [-0.2, 0) is 12.2 Å². The minimum atomic E-state index is -1.24. The molecule has 0 bridgehead atoms. The van der Waals surface area contributed by atoms with Crippen molar-refractivity contribution in [1.29, 1.82) is 0 Å². The molecule has 0 saturated heterocycles. The number of fused-ring (bicyclic) bond motifs is 2. The highest BCUT2D eigenvalue weighted by Crippen LogP contribution is 2.42. The third kappa shape index (κ3) is 2.51. The average Bonchev–Trinajstić information content (AvgIpc) is 2.57. The summed E-state index contributed by atoms with van der Waals surface area (Å²) >= 11 is 12.2. The van der Waals surface area contributed by atoms with Crippen molar-refractivity contribution in [3.8, 4) is 5.75 Å². The van der Waals surface area contributed by atoms with Gasteiger partial charge in [0.2, 0.25) is 0 Å². The molecule has 0 aliphatic carbocycles. The van der Waals surface area contributed by atoms with Gasteiger partial charge in [-0.2, -0.15) is 0 Å². The summed E-state index contributed by atoms with van der Waals surface area (Å²) < 4.78 is 5.82. The second-order valence-electron chi connectivity index (χ2n) is 5.12. The highest BCUT2D eigenvalue weighted by molar-refractivity contribution is 6.31. The first kappa shape index (κ1) is 14.7. The summed E-state index contributed by atoms with van der Waals surface area (Å²) in [4.78, 5) is 0. The number of rotatable bonds is 2. The molecule has 3 rings (SSSR count). The van der Waals surface area contributed by atoms with Crippen LogP contribution in [0.3, 0.4) is 0 Å². The Kier molecular flexibility index (Phi) is 3.84. The van der Waals surface area contributed by atoms with Gasteiger partial charge in [0.15, 0.2) is 0 Å². The van der Waals surface area contributed by atoms with E-state index in [2.05, 4.69) is 5.32 Å². The first-order valence-corrected chi connectivity index (χ1v) is 7.39. The Bertz CT molecular complexity index is 634. The molecule has 110 valence electrons. The van der Waals surface area contributed by atoms with E-state index in [0.29, 0.717) is 34.5 Å². The molecule has 0 spiro atoms. The smallest absolute Gasteiger partial charge is 0.131 e. The Hall–Kier alpha value is -1.26. The minimum Gasteiger partial charge on any atom is -0.488 e. The summed E-state index contributed by atoms with van der Waals surface area (Å²) in [5.41, 5.74) is 1.05. The summed E-state index contributed by atoms with van der Waals surface area (Å²) in [6, 6.07) is 10.7. The van der Waals surface area contributed by atoms with Crippen molar-refractivity contribution in [2.75, 3.05) is 13.6 Å². The molecule has 0 radical (unpaired) electrons. The van der Waals surface area contributed by atoms with E-state index >= 15 is 0 Å². The van der Waals surface area contributed by atoms with E-state index in [0.717, 1.165) is 11.1 Å². The molecule has 21 heavy (non-hydrogen) atoms. The highest BCUT2D eigenvalue weighted by Gasteiger charge is 2.38. The van der Waals surface area contributed by atoms with E-state index in [1.54, 1.807) is 37.4 Å². The number of hydrogen-bond acceptors (Lipinski definition) is 3. The van der Waals surface area contributed by atoms with Gasteiger partial charge in [0.25, 0.3) is 0 Å². The van der Waals surface area contributed by atoms with Crippen LogP contribution in [0.4, 0.5) is 0 Å². The normalized spacial score (nSPS) is 20.2. The number of aliphatic hydroxyl groups is 1. The summed E-state index contributed by atoms with van der Waals surface area (Å²) in [7, 11) is 1.79. The minimum absolute atomic E-state index is 0.330. The zero-order valence-electron chi connectivity index (χ0n) is 11.5. The van der Waals surface area contributed by atoms with Crippen LogP contribution in [-0.4, -0.2) is 18.7 Å². The molecule has 0 aromatic heterocycles. The largest absolute Gasteiger partial charge is 0.488 e. The lowest BCUT2D eigenvalue weighted by Gasteiger charge is -2.30. The van der Waals surface area contributed by atoms with E-state index in [1.807, 2.05) is 6.07 Å². The van der Waals surface area contributed by atoms with Gasteiger partial charge in [-0.3, -0.25) is 0 Å². The number of benzene rings is 2. The van der Waals surface area contributed by atoms with Crippen LogP contribution in [0.2, 0.25) is 10.0 Å². The number of ether oxygens (including phenoxy) is 1. The average molecular weight is 324 g/mol. The van der Waals surface area contributed by atoms with Crippen LogP contribution < -0.4 is 10.1 Å². The second kappa shape index (κ2) is 5.50. The van der Waals surface area contributed by atoms with E-state index in [1.165, 1.54) is 0 Å². The fraction of sp³-hybridized carbons (Fsp3) is 0.250. The van der Waals surface area contributed by atoms with Gasteiger partial charge in [-0.1, -0.05) is 29.3 Å². The third-order valence-electron chi connectivity index (χ3n) is 3.72. The summed E-state index contributed by atoms with van der Waals surface area (Å²) in [5, 5.41) is 15.5. The highest BCUT2D eigenvalue weighted by atomic mass is 35.5. The third-order valence-corrected chi connectivity index (χ3v) is 4.19. The number of nitrogens with one attached hydrogen (secondary N) is 1. The molecule has 5 heteroatoms. The molecule has 0 saturated carbocycles. The SMILES string of the molecule is CNCC1(O)c2cc(Cl)ccc2COc2ccc(Cl)cc21. The van der Waals surface area contributed by atoms with Gasteiger partial charge < -0.3 is 15.2 Å². The Balaban J connectivity index is 2.28. The fourth-order valence-electron chi connectivity index (χ4n) is 2.76. The van der Waals surface area contributed by atoms with Gasteiger partial charge in [0, 0.05) is 22.2 Å². The maximum absolute atomic E-state index is 11.3. The molecule has 2 N–H and O–H groups in total. The molecule has 2 aromatic rings. The lowest BCUT2D eigenvalue weighted by molar-refractivity contribution is 0.0815. The Morgan fingerprint density at radius 2 is 1.81 bits per heavy atom. The van der Waals surface area contributed by atoms with Gasteiger partial charge in [-0.05, 0) is 48.5 Å². The van der Waals surface area contributed by atoms with Gasteiger partial charge in [0.05, 0.1) is 0 Å². The summed E-state index contributed by atoms with van der Waals surface area (Å²) in [6.45, 7) is 0.713. The van der Waals surface area contributed by atoms with Crippen LogP contribution in [0, 0.1) is 0 Å². The molecular formula is C16H15Cl2NO2. The molecule has 0 amide bonds. The molecule has 1 aliphatic rings. The topological polar surface area (TPSA) is 41.5 Å².